The van der Waals surface area contributed by atoms with E-state index in [1.807, 2.05) is 13.4 Å². The first-order valence-corrected chi connectivity index (χ1v) is 6.78. The number of aliphatic hydroxyl groups excluding tert-OH is 1. The Morgan fingerprint density at radius 2 is 2.00 bits per heavy atom. The highest BCUT2D eigenvalue weighted by molar-refractivity contribution is 5.89. The van der Waals surface area contributed by atoms with Gasteiger partial charge in [-0.2, -0.15) is 0 Å². The minimum atomic E-state index is 0.246. The summed E-state index contributed by atoms with van der Waals surface area (Å²) in [5.74, 6) is 0. The summed E-state index contributed by atoms with van der Waals surface area (Å²) in [4.78, 5) is 9.21. The molecule has 1 aliphatic heterocycles. The zero-order valence-electron chi connectivity index (χ0n) is 11.3. The van der Waals surface area contributed by atoms with Crippen molar-refractivity contribution in [3.8, 4) is 0 Å². The fourth-order valence-corrected chi connectivity index (χ4v) is 2.75. The Morgan fingerprint density at radius 3 is 2.74 bits per heavy atom. The number of hydrogen-bond donors (Lipinski definition) is 1. The summed E-state index contributed by atoms with van der Waals surface area (Å²) in [7, 11) is 2.03. The van der Waals surface area contributed by atoms with Crippen molar-refractivity contribution in [3.05, 3.63) is 24.5 Å². The van der Waals surface area contributed by atoms with Gasteiger partial charge in [-0.25, -0.2) is 4.98 Å². The Morgan fingerprint density at radius 1 is 1.21 bits per heavy atom. The van der Waals surface area contributed by atoms with Gasteiger partial charge in [0.2, 0.25) is 0 Å². The van der Waals surface area contributed by atoms with Crippen LogP contribution in [0.2, 0.25) is 0 Å². The topological polar surface area (TPSA) is 44.5 Å². The number of imidazole rings is 1. The molecule has 3 rings (SSSR count). The second-order valence-electron chi connectivity index (χ2n) is 5.05. The van der Waals surface area contributed by atoms with E-state index in [0.717, 1.165) is 38.2 Å². The number of hydrogen-bond acceptors (Lipinski definition) is 4. The number of para-hydroxylation sites is 1. The van der Waals surface area contributed by atoms with Gasteiger partial charge in [0, 0.05) is 39.8 Å². The van der Waals surface area contributed by atoms with Crippen molar-refractivity contribution in [1.29, 1.82) is 0 Å². The van der Waals surface area contributed by atoms with Crippen LogP contribution in [0.25, 0.3) is 11.0 Å². The van der Waals surface area contributed by atoms with Gasteiger partial charge in [-0.3, -0.25) is 4.90 Å². The van der Waals surface area contributed by atoms with Gasteiger partial charge in [0.05, 0.1) is 24.1 Å². The average molecular weight is 260 g/mol. The van der Waals surface area contributed by atoms with Crippen LogP contribution >= 0.6 is 0 Å². The van der Waals surface area contributed by atoms with Crippen LogP contribution in [0.15, 0.2) is 24.5 Å². The molecule has 0 aliphatic carbocycles. The van der Waals surface area contributed by atoms with Gasteiger partial charge < -0.3 is 14.6 Å². The maximum absolute atomic E-state index is 8.98. The maximum atomic E-state index is 8.98. The fourth-order valence-electron chi connectivity index (χ4n) is 2.75. The Kier molecular flexibility index (Phi) is 3.40. The molecule has 1 aromatic heterocycles. The molecule has 0 amide bonds. The first kappa shape index (κ1) is 12.4. The van der Waals surface area contributed by atoms with Crippen molar-refractivity contribution in [2.75, 3.05) is 44.2 Å². The van der Waals surface area contributed by atoms with Crippen molar-refractivity contribution >= 4 is 16.7 Å². The highest BCUT2D eigenvalue weighted by Gasteiger charge is 2.19. The maximum Gasteiger partial charge on any atom is 0.112 e. The summed E-state index contributed by atoms with van der Waals surface area (Å²) < 4.78 is 2.06. The van der Waals surface area contributed by atoms with Crippen LogP contribution in [-0.2, 0) is 7.05 Å². The molecule has 0 unspecified atom stereocenters. The Labute approximate surface area is 113 Å². The first-order chi connectivity index (χ1) is 9.29. The summed E-state index contributed by atoms with van der Waals surface area (Å²) in [5.41, 5.74) is 3.48. The van der Waals surface area contributed by atoms with Gasteiger partial charge in [0.1, 0.15) is 5.52 Å². The first-order valence-electron chi connectivity index (χ1n) is 6.78. The van der Waals surface area contributed by atoms with Gasteiger partial charge in [0.15, 0.2) is 0 Å². The smallest absolute Gasteiger partial charge is 0.112 e. The number of β-amino-alcohol motifs (C(OH)–C–C–N with tert-alkyl or cyclic N) is 1. The molecule has 0 bridgehead atoms. The average Bonchev–Trinajstić information content (AvgIpc) is 2.82. The van der Waals surface area contributed by atoms with Crippen LogP contribution in [0.3, 0.4) is 0 Å². The third-order valence-electron chi connectivity index (χ3n) is 3.86. The molecule has 5 heteroatoms. The highest BCUT2D eigenvalue weighted by Crippen LogP contribution is 2.25. The summed E-state index contributed by atoms with van der Waals surface area (Å²) in [6.45, 7) is 5.02. The monoisotopic (exact) mass is 260 g/mol. The van der Waals surface area contributed by atoms with E-state index in [1.165, 1.54) is 11.2 Å². The van der Waals surface area contributed by atoms with E-state index in [9.17, 15) is 0 Å². The molecule has 1 fully saturated rings. The van der Waals surface area contributed by atoms with E-state index in [4.69, 9.17) is 5.11 Å². The minimum absolute atomic E-state index is 0.246. The molecule has 1 aliphatic rings. The molecule has 0 spiro atoms. The quantitative estimate of drug-likeness (QED) is 0.882. The number of aromatic nitrogens is 2. The molecule has 0 atom stereocenters. The van der Waals surface area contributed by atoms with Crippen molar-refractivity contribution in [2.24, 2.45) is 7.05 Å². The van der Waals surface area contributed by atoms with E-state index < -0.39 is 0 Å². The highest BCUT2D eigenvalue weighted by atomic mass is 16.3. The molecule has 0 radical (unpaired) electrons. The molecular formula is C14H20N4O. The Balaban J connectivity index is 1.82. The second kappa shape index (κ2) is 5.19. The van der Waals surface area contributed by atoms with Crippen molar-refractivity contribution in [1.82, 2.24) is 14.5 Å². The zero-order chi connectivity index (χ0) is 13.2. The van der Waals surface area contributed by atoms with E-state index >= 15 is 0 Å². The van der Waals surface area contributed by atoms with Crippen LogP contribution in [0.5, 0.6) is 0 Å². The van der Waals surface area contributed by atoms with Crippen molar-refractivity contribution in [3.63, 3.8) is 0 Å². The van der Waals surface area contributed by atoms with Crippen LogP contribution in [0.4, 0.5) is 5.69 Å². The normalized spacial score (nSPS) is 17.3. The second-order valence-corrected chi connectivity index (χ2v) is 5.05. The molecule has 0 saturated carbocycles. The van der Waals surface area contributed by atoms with Crippen LogP contribution in [0, 0.1) is 0 Å². The number of aliphatic hydroxyl groups is 1. The van der Waals surface area contributed by atoms with Crippen LogP contribution in [-0.4, -0.2) is 58.9 Å². The van der Waals surface area contributed by atoms with E-state index in [-0.39, 0.29) is 6.61 Å². The molecule has 2 heterocycles. The van der Waals surface area contributed by atoms with Gasteiger partial charge >= 0.3 is 0 Å². The molecular weight excluding hydrogens is 240 g/mol. The Bertz CT molecular complexity index is 558. The lowest BCUT2D eigenvalue weighted by Gasteiger charge is -2.35. The molecule has 19 heavy (non-hydrogen) atoms. The summed E-state index contributed by atoms with van der Waals surface area (Å²) in [6.07, 6.45) is 1.87. The molecule has 1 aromatic carbocycles. The summed E-state index contributed by atoms with van der Waals surface area (Å²) in [6, 6.07) is 6.35. The van der Waals surface area contributed by atoms with Gasteiger partial charge in [-0.05, 0) is 12.1 Å². The number of aryl methyl sites for hydroxylation is 1. The van der Waals surface area contributed by atoms with Gasteiger partial charge in [-0.1, -0.05) is 6.07 Å². The summed E-state index contributed by atoms with van der Waals surface area (Å²) >= 11 is 0. The third-order valence-corrected chi connectivity index (χ3v) is 3.86. The zero-order valence-corrected chi connectivity index (χ0v) is 11.3. The van der Waals surface area contributed by atoms with Crippen molar-refractivity contribution in [2.45, 2.75) is 0 Å². The van der Waals surface area contributed by atoms with E-state index in [2.05, 4.69) is 37.5 Å². The lowest BCUT2D eigenvalue weighted by atomic mass is 10.2. The van der Waals surface area contributed by atoms with Crippen LogP contribution < -0.4 is 4.90 Å². The predicted octanol–water partition coefficient (Wildman–Crippen LogP) is 0.688. The molecule has 5 nitrogen and oxygen atoms in total. The largest absolute Gasteiger partial charge is 0.395 e. The lowest BCUT2D eigenvalue weighted by molar-refractivity contribution is 0.189. The number of piperazine rings is 1. The lowest BCUT2D eigenvalue weighted by Crippen LogP contribution is -2.47. The van der Waals surface area contributed by atoms with E-state index in [1.54, 1.807) is 0 Å². The fraction of sp³-hybridized carbons (Fsp3) is 0.500. The minimum Gasteiger partial charge on any atom is -0.395 e. The number of nitrogens with zero attached hydrogens (tertiary/aromatic N) is 4. The van der Waals surface area contributed by atoms with E-state index in [0.29, 0.717) is 0 Å². The van der Waals surface area contributed by atoms with Crippen molar-refractivity contribution < 1.29 is 5.11 Å². The van der Waals surface area contributed by atoms with Crippen LogP contribution in [0.1, 0.15) is 0 Å². The summed E-state index contributed by atoms with van der Waals surface area (Å²) in [5, 5.41) is 8.98. The molecule has 1 saturated heterocycles. The number of fused-ring (bicyclic) bond motifs is 1. The number of rotatable bonds is 3. The van der Waals surface area contributed by atoms with Gasteiger partial charge in [0.25, 0.3) is 0 Å². The Hall–Kier alpha value is -1.59. The molecule has 2 aromatic rings. The predicted molar refractivity (Wildman–Crippen MR) is 76.5 cm³/mol. The number of benzene rings is 1. The molecule has 102 valence electrons. The SMILES string of the molecule is Cn1cnc2c(N3CCN(CCO)CC3)cccc21. The third kappa shape index (κ3) is 2.31. The molecule has 1 N–H and O–H groups in total. The number of anilines is 1. The van der Waals surface area contributed by atoms with Gasteiger partial charge in [-0.15, -0.1) is 0 Å². The standard InChI is InChI=1S/C14H20N4O/c1-16-11-15-14-12(16)3-2-4-13(14)18-7-5-17(6-8-18)9-10-19/h2-4,11,19H,5-10H2,1H3.